The minimum absolute atomic E-state index is 0.252. The fourth-order valence-corrected chi connectivity index (χ4v) is 2.66. The molecule has 0 aliphatic heterocycles. The van der Waals surface area contributed by atoms with Gasteiger partial charge >= 0.3 is 0 Å². The van der Waals surface area contributed by atoms with Crippen molar-refractivity contribution in [3.63, 3.8) is 0 Å². The Bertz CT molecular complexity index is 565. The Balaban J connectivity index is 1.73. The Morgan fingerprint density at radius 2 is 2.11 bits per heavy atom. The molecule has 0 saturated carbocycles. The molecule has 0 aromatic carbocycles. The summed E-state index contributed by atoms with van der Waals surface area (Å²) < 4.78 is 5.97. The molecule has 0 aliphatic rings. The predicted molar refractivity (Wildman–Crippen MR) is 74.7 cm³/mol. The summed E-state index contributed by atoms with van der Waals surface area (Å²) in [7, 11) is 0. The van der Waals surface area contributed by atoms with Crippen molar-refractivity contribution in [1.82, 2.24) is 10.9 Å². The molecule has 2 N–H and O–H groups in total. The zero-order chi connectivity index (χ0) is 13.7. The highest BCUT2D eigenvalue weighted by molar-refractivity contribution is 9.11. The maximum Gasteiger partial charge on any atom is 0.279 e. The molecule has 5 nitrogen and oxygen atoms in total. The van der Waals surface area contributed by atoms with Crippen LogP contribution >= 0.6 is 27.3 Å². The van der Waals surface area contributed by atoms with Crippen molar-refractivity contribution in [3.8, 4) is 0 Å². The van der Waals surface area contributed by atoms with Crippen LogP contribution in [0, 0.1) is 0 Å². The van der Waals surface area contributed by atoms with E-state index in [2.05, 4.69) is 26.8 Å². The van der Waals surface area contributed by atoms with Gasteiger partial charge in [0.2, 0.25) is 5.91 Å². The summed E-state index contributed by atoms with van der Waals surface area (Å²) in [5.41, 5.74) is 4.73. The van der Waals surface area contributed by atoms with Crippen LogP contribution in [0.25, 0.3) is 0 Å². The second-order valence-corrected chi connectivity index (χ2v) is 6.15. The van der Waals surface area contributed by atoms with Crippen molar-refractivity contribution in [2.75, 3.05) is 0 Å². The van der Waals surface area contributed by atoms with E-state index < -0.39 is 0 Å². The van der Waals surface area contributed by atoms with E-state index in [1.807, 2.05) is 0 Å². The van der Waals surface area contributed by atoms with Gasteiger partial charge in [-0.05, 0) is 40.2 Å². The number of thiophene rings is 1. The first kappa shape index (κ1) is 13.8. The van der Waals surface area contributed by atoms with Gasteiger partial charge in [-0.15, -0.1) is 11.3 Å². The minimum Gasteiger partial charge on any atom is -0.469 e. The van der Waals surface area contributed by atoms with Gasteiger partial charge in [-0.2, -0.15) is 0 Å². The van der Waals surface area contributed by atoms with Gasteiger partial charge in [0.05, 0.1) is 14.9 Å². The van der Waals surface area contributed by atoms with Crippen molar-refractivity contribution in [2.45, 2.75) is 12.8 Å². The lowest BCUT2D eigenvalue weighted by Crippen LogP contribution is -2.41. The molecule has 0 fully saturated rings. The topological polar surface area (TPSA) is 71.3 Å². The molecule has 0 saturated heterocycles. The van der Waals surface area contributed by atoms with E-state index in [9.17, 15) is 9.59 Å². The van der Waals surface area contributed by atoms with E-state index in [1.165, 1.54) is 11.3 Å². The summed E-state index contributed by atoms with van der Waals surface area (Å²) in [6.07, 6.45) is 2.31. The smallest absolute Gasteiger partial charge is 0.279 e. The fourth-order valence-electron chi connectivity index (χ4n) is 1.38. The fraction of sp³-hybridized carbons (Fsp3) is 0.167. The number of amides is 2. The first-order valence-corrected chi connectivity index (χ1v) is 7.13. The quantitative estimate of drug-likeness (QED) is 0.838. The average molecular weight is 343 g/mol. The largest absolute Gasteiger partial charge is 0.469 e. The molecule has 0 aliphatic carbocycles. The summed E-state index contributed by atoms with van der Waals surface area (Å²) >= 11 is 4.57. The van der Waals surface area contributed by atoms with Crippen LogP contribution in [0.2, 0.25) is 0 Å². The van der Waals surface area contributed by atoms with Gasteiger partial charge in [0.15, 0.2) is 0 Å². The molecule has 0 spiro atoms. The number of hydrazine groups is 1. The maximum absolute atomic E-state index is 11.6. The number of hydrogen-bond donors (Lipinski definition) is 2. The van der Waals surface area contributed by atoms with Gasteiger partial charge in [-0.1, -0.05) is 0 Å². The van der Waals surface area contributed by atoms with Crippen molar-refractivity contribution in [3.05, 3.63) is 45.0 Å². The van der Waals surface area contributed by atoms with E-state index in [0.717, 1.165) is 9.55 Å². The van der Waals surface area contributed by atoms with Gasteiger partial charge in [-0.3, -0.25) is 20.4 Å². The molecule has 7 heteroatoms. The van der Waals surface area contributed by atoms with E-state index in [-0.39, 0.29) is 18.2 Å². The van der Waals surface area contributed by atoms with E-state index in [1.54, 1.807) is 30.5 Å². The van der Waals surface area contributed by atoms with Crippen LogP contribution in [-0.4, -0.2) is 11.8 Å². The number of carbonyl (C=O) groups excluding carboxylic acids is 2. The SMILES string of the molecule is O=C(CCc1ccco1)NNC(=O)c1ccc(Br)s1. The molecular formula is C12H11BrN2O3S. The minimum atomic E-state index is -0.331. The van der Waals surface area contributed by atoms with Crippen LogP contribution < -0.4 is 10.9 Å². The van der Waals surface area contributed by atoms with Gasteiger partial charge in [0, 0.05) is 12.8 Å². The van der Waals surface area contributed by atoms with Crippen molar-refractivity contribution in [2.24, 2.45) is 0 Å². The van der Waals surface area contributed by atoms with E-state index >= 15 is 0 Å². The first-order chi connectivity index (χ1) is 9.15. The lowest BCUT2D eigenvalue weighted by molar-refractivity contribution is -0.121. The molecule has 2 amide bonds. The molecule has 2 aromatic heterocycles. The number of furan rings is 1. The van der Waals surface area contributed by atoms with Crippen LogP contribution in [0.5, 0.6) is 0 Å². The summed E-state index contributed by atoms with van der Waals surface area (Å²) in [6.45, 7) is 0. The number of carbonyl (C=O) groups is 2. The molecule has 19 heavy (non-hydrogen) atoms. The molecule has 0 unspecified atom stereocenters. The Labute approximate surface area is 122 Å². The molecule has 2 aromatic rings. The van der Waals surface area contributed by atoms with Crippen LogP contribution in [0.4, 0.5) is 0 Å². The summed E-state index contributed by atoms with van der Waals surface area (Å²) in [5.74, 6) is 0.145. The number of nitrogens with one attached hydrogen (secondary N) is 2. The second kappa shape index (κ2) is 6.53. The first-order valence-electron chi connectivity index (χ1n) is 5.52. The third-order valence-electron chi connectivity index (χ3n) is 2.29. The monoisotopic (exact) mass is 342 g/mol. The average Bonchev–Trinajstić information content (AvgIpc) is 3.04. The molecule has 100 valence electrons. The zero-order valence-corrected chi connectivity index (χ0v) is 12.2. The number of halogens is 1. The summed E-state index contributed by atoms with van der Waals surface area (Å²) in [4.78, 5) is 23.7. The molecule has 0 bridgehead atoms. The number of rotatable bonds is 4. The van der Waals surface area contributed by atoms with Crippen molar-refractivity contribution < 1.29 is 14.0 Å². The van der Waals surface area contributed by atoms with Crippen molar-refractivity contribution >= 4 is 39.1 Å². The van der Waals surface area contributed by atoms with Crippen LogP contribution in [-0.2, 0) is 11.2 Å². The zero-order valence-electron chi connectivity index (χ0n) is 9.81. The number of aryl methyl sites for hydroxylation is 1. The third-order valence-corrected chi connectivity index (χ3v) is 3.91. The van der Waals surface area contributed by atoms with Crippen LogP contribution in [0.1, 0.15) is 21.9 Å². The Morgan fingerprint density at radius 3 is 2.74 bits per heavy atom. The molecule has 0 radical (unpaired) electrons. The standard InChI is InChI=1S/C12H11BrN2O3S/c13-10-5-4-9(19-10)12(17)15-14-11(16)6-3-8-2-1-7-18-8/h1-2,4-5,7H,3,6H2,(H,14,16)(H,15,17). The highest BCUT2D eigenvalue weighted by Gasteiger charge is 2.10. The highest BCUT2D eigenvalue weighted by Crippen LogP contribution is 2.21. The van der Waals surface area contributed by atoms with Crippen LogP contribution in [0.15, 0.2) is 38.7 Å². The highest BCUT2D eigenvalue weighted by atomic mass is 79.9. The molecule has 2 heterocycles. The maximum atomic E-state index is 11.6. The van der Waals surface area contributed by atoms with Gasteiger partial charge < -0.3 is 4.42 Å². The third kappa shape index (κ3) is 4.22. The van der Waals surface area contributed by atoms with E-state index in [0.29, 0.717) is 11.3 Å². The molecule has 0 atom stereocenters. The second-order valence-electron chi connectivity index (χ2n) is 3.69. The van der Waals surface area contributed by atoms with Gasteiger partial charge in [-0.25, -0.2) is 0 Å². The van der Waals surface area contributed by atoms with Gasteiger partial charge in [0.1, 0.15) is 5.76 Å². The normalized spacial score (nSPS) is 10.2. The molecule has 2 rings (SSSR count). The van der Waals surface area contributed by atoms with Gasteiger partial charge in [0.25, 0.3) is 5.91 Å². The Morgan fingerprint density at radius 1 is 1.26 bits per heavy atom. The van der Waals surface area contributed by atoms with Crippen molar-refractivity contribution in [1.29, 1.82) is 0 Å². The predicted octanol–water partition coefficient (Wildman–Crippen LogP) is 2.50. The number of hydrogen-bond acceptors (Lipinski definition) is 4. The van der Waals surface area contributed by atoms with Crippen LogP contribution in [0.3, 0.4) is 0 Å². The summed E-state index contributed by atoms with van der Waals surface area (Å²) in [5, 5.41) is 0. The van der Waals surface area contributed by atoms with E-state index in [4.69, 9.17) is 4.42 Å². The lowest BCUT2D eigenvalue weighted by atomic mass is 10.2. The lowest BCUT2D eigenvalue weighted by Gasteiger charge is -2.05. The summed E-state index contributed by atoms with van der Waals surface area (Å²) in [6, 6.07) is 7.02. The molecular weight excluding hydrogens is 332 g/mol. The Hall–Kier alpha value is -1.60. The Kier molecular flexibility index (Phi) is 4.75.